The van der Waals surface area contributed by atoms with Gasteiger partial charge in [0.15, 0.2) is 0 Å². The minimum Gasteiger partial charge on any atom is -0.501 e. The molecule has 0 fully saturated rings. The molecule has 2 aliphatic rings. The van der Waals surface area contributed by atoms with E-state index in [1.54, 1.807) is 12.7 Å². The largest absolute Gasteiger partial charge is 0.501 e. The lowest BCUT2D eigenvalue weighted by Crippen LogP contribution is -2.25. The average molecular weight is 278 g/mol. The van der Waals surface area contributed by atoms with Crippen LogP contribution in [0.15, 0.2) is 34.3 Å². The second kappa shape index (κ2) is 8.15. The summed E-state index contributed by atoms with van der Waals surface area (Å²) in [5.74, 6) is 1.16. The van der Waals surface area contributed by atoms with Crippen LogP contribution in [0.5, 0.6) is 0 Å². The van der Waals surface area contributed by atoms with E-state index in [4.69, 9.17) is 4.74 Å². The molecular formula is C17H30N2O. The highest BCUT2D eigenvalue weighted by Crippen LogP contribution is 2.34. The van der Waals surface area contributed by atoms with E-state index in [-0.39, 0.29) is 0 Å². The first kappa shape index (κ1) is 16.8. The quantitative estimate of drug-likeness (QED) is 0.855. The number of rotatable bonds is 3. The van der Waals surface area contributed by atoms with Crippen molar-refractivity contribution in [2.24, 2.45) is 0 Å². The summed E-state index contributed by atoms with van der Waals surface area (Å²) < 4.78 is 5.57. The van der Waals surface area contributed by atoms with Crippen molar-refractivity contribution in [1.82, 2.24) is 10.2 Å². The van der Waals surface area contributed by atoms with Gasteiger partial charge in [-0.1, -0.05) is 13.8 Å². The Balaban J connectivity index is 0.000000956. The van der Waals surface area contributed by atoms with Crippen molar-refractivity contribution in [3.8, 4) is 0 Å². The van der Waals surface area contributed by atoms with Crippen LogP contribution in [0.2, 0.25) is 0 Å². The predicted octanol–water partition coefficient (Wildman–Crippen LogP) is 3.46. The molecule has 0 aromatic heterocycles. The van der Waals surface area contributed by atoms with Crippen LogP contribution in [0.25, 0.3) is 0 Å². The first-order chi connectivity index (χ1) is 9.63. The van der Waals surface area contributed by atoms with E-state index < -0.39 is 0 Å². The standard InChI is InChI=1S/C15H24N2O.C2H6/c1-11-14(18-4)7-5-6-12-8-16-9-13(15(11)12)10-17(2)3;1-2/h9,16H,5-8,10H2,1-4H3;1-2H3. The second-order valence-corrected chi connectivity index (χ2v) is 5.37. The molecular weight excluding hydrogens is 248 g/mol. The molecule has 20 heavy (non-hydrogen) atoms. The highest BCUT2D eigenvalue weighted by molar-refractivity contribution is 5.53. The Morgan fingerprint density at radius 1 is 1.25 bits per heavy atom. The fourth-order valence-corrected chi connectivity index (χ4v) is 2.91. The topological polar surface area (TPSA) is 24.5 Å². The van der Waals surface area contributed by atoms with Gasteiger partial charge in [0.1, 0.15) is 0 Å². The smallest absolute Gasteiger partial charge is 0.0990 e. The molecule has 0 bridgehead atoms. The maximum absolute atomic E-state index is 5.57. The van der Waals surface area contributed by atoms with E-state index in [1.165, 1.54) is 29.6 Å². The Kier molecular flexibility index (Phi) is 6.86. The molecule has 0 atom stereocenters. The van der Waals surface area contributed by atoms with Gasteiger partial charge in [-0.3, -0.25) is 0 Å². The van der Waals surface area contributed by atoms with Gasteiger partial charge in [-0.15, -0.1) is 0 Å². The first-order valence-corrected chi connectivity index (χ1v) is 7.67. The molecule has 1 heterocycles. The van der Waals surface area contributed by atoms with Gasteiger partial charge in [0.25, 0.3) is 0 Å². The summed E-state index contributed by atoms with van der Waals surface area (Å²) >= 11 is 0. The molecule has 114 valence electrons. The van der Waals surface area contributed by atoms with Gasteiger partial charge in [0.05, 0.1) is 12.9 Å². The highest BCUT2D eigenvalue weighted by Gasteiger charge is 2.22. The molecule has 0 aromatic carbocycles. The van der Waals surface area contributed by atoms with Crippen molar-refractivity contribution >= 4 is 0 Å². The van der Waals surface area contributed by atoms with Gasteiger partial charge >= 0.3 is 0 Å². The number of nitrogens with one attached hydrogen (secondary N) is 1. The van der Waals surface area contributed by atoms with Crippen molar-refractivity contribution in [2.75, 3.05) is 34.3 Å². The molecule has 0 saturated heterocycles. The number of hydrogen-bond donors (Lipinski definition) is 1. The molecule has 0 radical (unpaired) electrons. The van der Waals surface area contributed by atoms with Gasteiger partial charge in [-0.25, -0.2) is 0 Å². The van der Waals surface area contributed by atoms with Crippen molar-refractivity contribution in [3.63, 3.8) is 0 Å². The number of methoxy groups -OCH3 is 1. The lowest BCUT2D eigenvalue weighted by atomic mass is 9.91. The van der Waals surface area contributed by atoms with Crippen molar-refractivity contribution in [2.45, 2.75) is 40.0 Å². The molecule has 2 rings (SSSR count). The van der Waals surface area contributed by atoms with E-state index in [9.17, 15) is 0 Å². The van der Waals surface area contributed by atoms with Crippen molar-refractivity contribution in [1.29, 1.82) is 0 Å². The number of allylic oxidation sites excluding steroid dienone is 2. The lowest BCUT2D eigenvalue weighted by Gasteiger charge is -2.25. The SMILES string of the molecule is CC.COC1=C(C)C2=C(CCC1)CNC=C2CN(C)C. The highest BCUT2D eigenvalue weighted by atomic mass is 16.5. The number of hydrogen-bond acceptors (Lipinski definition) is 3. The lowest BCUT2D eigenvalue weighted by molar-refractivity contribution is 0.272. The summed E-state index contributed by atoms with van der Waals surface area (Å²) in [5.41, 5.74) is 5.70. The Hall–Kier alpha value is -1.22. The van der Waals surface area contributed by atoms with Crippen LogP contribution in [0, 0.1) is 0 Å². The van der Waals surface area contributed by atoms with E-state index >= 15 is 0 Å². The average Bonchev–Trinajstić information content (AvgIpc) is 2.60. The van der Waals surface area contributed by atoms with Crippen molar-refractivity contribution in [3.05, 3.63) is 34.3 Å². The Morgan fingerprint density at radius 2 is 1.95 bits per heavy atom. The third kappa shape index (κ3) is 3.89. The summed E-state index contributed by atoms with van der Waals surface area (Å²) in [5, 5.41) is 3.41. The van der Waals surface area contributed by atoms with Crippen molar-refractivity contribution < 1.29 is 4.74 Å². The monoisotopic (exact) mass is 278 g/mol. The Morgan fingerprint density at radius 3 is 2.55 bits per heavy atom. The summed E-state index contributed by atoms with van der Waals surface area (Å²) in [6.45, 7) is 8.16. The summed E-state index contributed by atoms with van der Waals surface area (Å²) in [4.78, 5) is 2.22. The third-order valence-corrected chi connectivity index (χ3v) is 3.68. The van der Waals surface area contributed by atoms with Crippen LogP contribution < -0.4 is 5.32 Å². The van der Waals surface area contributed by atoms with E-state index in [1.807, 2.05) is 13.8 Å². The predicted molar refractivity (Wildman–Crippen MR) is 86.6 cm³/mol. The van der Waals surface area contributed by atoms with Gasteiger partial charge in [0.2, 0.25) is 0 Å². The van der Waals surface area contributed by atoms with Gasteiger partial charge in [-0.05, 0) is 56.2 Å². The van der Waals surface area contributed by atoms with E-state index in [0.717, 1.165) is 25.3 Å². The zero-order chi connectivity index (χ0) is 15.1. The summed E-state index contributed by atoms with van der Waals surface area (Å²) in [6, 6.07) is 0. The molecule has 1 aliphatic heterocycles. The molecule has 0 saturated carbocycles. The zero-order valence-corrected chi connectivity index (χ0v) is 14.0. The minimum absolute atomic E-state index is 0.972. The molecule has 0 amide bonds. The third-order valence-electron chi connectivity index (χ3n) is 3.68. The maximum atomic E-state index is 5.57. The molecule has 3 heteroatoms. The minimum atomic E-state index is 0.972. The molecule has 0 aromatic rings. The first-order valence-electron chi connectivity index (χ1n) is 7.67. The maximum Gasteiger partial charge on any atom is 0.0990 e. The number of ether oxygens (including phenoxy) is 1. The van der Waals surface area contributed by atoms with Crippen LogP contribution in [0.1, 0.15) is 40.0 Å². The van der Waals surface area contributed by atoms with Gasteiger partial charge in [0, 0.05) is 25.7 Å². The van der Waals surface area contributed by atoms with E-state index in [0.29, 0.717) is 0 Å². The van der Waals surface area contributed by atoms with Crippen LogP contribution >= 0.6 is 0 Å². The number of likely N-dealkylation sites (N-methyl/N-ethyl adjacent to an activating group) is 1. The summed E-state index contributed by atoms with van der Waals surface area (Å²) in [7, 11) is 6.02. The number of dihydropyridines is 1. The molecule has 1 N–H and O–H groups in total. The van der Waals surface area contributed by atoms with Crippen LogP contribution in [-0.4, -0.2) is 39.2 Å². The normalized spacial score (nSPS) is 18.6. The van der Waals surface area contributed by atoms with Gasteiger partial charge in [-0.2, -0.15) is 0 Å². The van der Waals surface area contributed by atoms with Crippen LogP contribution in [0.3, 0.4) is 0 Å². The fourth-order valence-electron chi connectivity index (χ4n) is 2.91. The molecule has 3 nitrogen and oxygen atoms in total. The van der Waals surface area contributed by atoms with Gasteiger partial charge < -0.3 is 15.0 Å². The number of nitrogens with zero attached hydrogens (tertiary/aromatic N) is 1. The Labute approximate surface area is 124 Å². The van der Waals surface area contributed by atoms with Crippen LogP contribution in [-0.2, 0) is 4.74 Å². The van der Waals surface area contributed by atoms with E-state index in [2.05, 4.69) is 37.4 Å². The molecule has 1 aliphatic carbocycles. The zero-order valence-electron chi connectivity index (χ0n) is 14.0. The van der Waals surface area contributed by atoms with Crippen LogP contribution in [0.4, 0.5) is 0 Å². The molecule has 0 unspecified atom stereocenters. The second-order valence-electron chi connectivity index (χ2n) is 5.37. The molecule has 0 spiro atoms. The summed E-state index contributed by atoms with van der Waals surface area (Å²) in [6.07, 6.45) is 5.60. The fraction of sp³-hybridized carbons (Fsp3) is 0.647. The Bertz CT molecular complexity index is 417.